The topological polar surface area (TPSA) is 61.8 Å². The van der Waals surface area contributed by atoms with Crippen molar-refractivity contribution in [3.05, 3.63) is 23.8 Å². The van der Waals surface area contributed by atoms with E-state index in [0.717, 1.165) is 0 Å². The van der Waals surface area contributed by atoms with Crippen LogP contribution in [0.1, 0.15) is 20.8 Å². The van der Waals surface area contributed by atoms with Crippen LogP contribution in [0, 0.1) is 0 Å². The molecule has 0 aliphatic carbocycles. The van der Waals surface area contributed by atoms with Crippen molar-refractivity contribution in [2.45, 2.75) is 20.8 Å². The highest BCUT2D eigenvalue weighted by Crippen LogP contribution is 2.49. The zero-order valence-corrected chi connectivity index (χ0v) is 12.2. The van der Waals surface area contributed by atoms with E-state index in [1.165, 1.54) is 7.11 Å². The van der Waals surface area contributed by atoms with Gasteiger partial charge in [-0.05, 0) is 20.8 Å². The third kappa shape index (κ3) is 6.15. The summed E-state index contributed by atoms with van der Waals surface area (Å²) in [5.41, 5.74) is 0.265. The van der Waals surface area contributed by atoms with E-state index >= 15 is 0 Å². The lowest BCUT2D eigenvalue weighted by atomic mass is 10.3. The van der Waals surface area contributed by atoms with Crippen molar-refractivity contribution in [2.75, 3.05) is 26.5 Å². The Kier molecular flexibility index (Phi) is 8.63. The van der Waals surface area contributed by atoms with Crippen molar-refractivity contribution < 1.29 is 23.1 Å². The van der Waals surface area contributed by atoms with E-state index in [1.807, 2.05) is 6.92 Å². The first-order valence-corrected chi connectivity index (χ1v) is 7.54. The van der Waals surface area contributed by atoms with Crippen LogP contribution in [-0.2, 0) is 23.1 Å². The number of ether oxygens (including phenoxy) is 1. The molecule has 0 atom stereocenters. The highest BCUT2D eigenvalue weighted by atomic mass is 31.2. The maximum atomic E-state index is 12.3. The van der Waals surface area contributed by atoms with E-state index < -0.39 is 13.6 Å². The number of hydrogen-bond acceptors (Lipinski definition) is 5. The van der Waals surface area contributed by atoms with Crippen LogP contribution in [0.15, 0.2) is 23.8 Å². The van der Waals surface area contributed by atoms with Crippen molar-refractivity contribution in [3.63, 3.8) is 0 Å². The molecule has 0 aromatic heterocycles. The van der Waals surface area contributed by atoms with E-state index in [4.69, 9.17) is 9.05 Å². The van der Waals surface area contributed by atoms with Gasteiger partial charge < -0.3 is 13.8 Å². The molecule has 104 valence electrons. The molecule has 0 unspecified atom stereocenters. The van der Waals surface area contributed by atoms with Crippen molar-refractivity contribution in [3.8, 4) is 0 Å². The van der Waals surface area contributed by atoms with Crippen molar-refractivity contribution in [1.29, 1.82) is 0 Å². The van der Waals surface area contributed by atoms with Crippen LogP contribution < -0.4 is 0 Å². The predicted molar refractivity (Wildman–Crippen MR) is 70.6 cm³/mol. The Bertz CT molecular complexity index is 349. The maximum absolute atomic E-state index is 12.3. The number of rotatable bonds is 8. The monoisotopic (exact) mass is 276 g/mol. The third-order valence-electron chi connectivity index (χ3n) is 1.95. The molecule has 0 fully saturated rings. The molecule has 0 heterocycles. The summed E-state index contributed by atoms with van der Waals surface area (Å²) in [7, 11) is -2.01. The molecule has 0 spiro atoms. The first kappa shape index (κ1) is 17.1. The molecule has 0 aromatic carbocycles. The first-order chi connectivity index (χ1) is 8.52. The number of methoxy groups -OCH3 is 1. The van der Waals surface area contributed by atoms with Crippen molar-refractivity contribution in [2.24, 2.45) is 0 Å². The van der Waals surface area contributed by atoms with Gasteiger partial charge in [0.1, 0.15) is 0 Å². The first-order valence-electron chi connectivity index (χ1n) is 5.81. The van der Waals surface area contributed by atoms with Crippen LogP contribution >= 0.6 is 7.60 Å². The molecule has 0 amide bonds. The Labute approximate surface area is 108 Å². The Morgan fingerprint density at radius 2 is 1.78 bits per heavy atom. The summed E-state index contributed by atoms with van der Waals surface area (Å²) in [6.45, 7) is 5.78. The summed E-state index contributed by atoms with van der Waals surface area (Å²) in [4.78, 5) is 11.5. The van der Waals surface area contributed by atoms with Gasteiger partial charge in [-0.15, -0.1) is 0 Å². The van der Waals surface area contributed by atoms with Gasteiger partial charge in [0, 0.05) is 5.57 Å². The minimum atomic E-state index is -3.29. The molecule has 0 saturated heterocycles. The van der Waals surface area contributed by atoms with Gasteiger partial charge in [0.15, 0.2) is 0 Å². The van der Waals surface area contributed by atoms with E-state index in [9.17, 15) is 9.36 Å². The Hall–Kier alpha value is -0.900. The maximum Gasteiger partial charge on any atom is 0.335 e. The zero-order chi connectivity index (χ0) is 14.0. The predicted octanol–water partition coefficient (Wildman–Crippen LogP) is 2.93. The highest BCUT2D eigenvalue weighted by molar-refractivity contribution is 7.54. The SMILES string of the molecule is C/C=C/C=C(\CP(=O)(OCC)OCC)C(=O)OC. The summed E-state index contributed by atoms with van der Waals surface area (Å²) >= 11 is 0. The number of allylic oxidation sites excluding steroid dienone is 3. The van der Waals surface area contributed by atoms with Crippen LogP contribution in [0.2, 0.25) is 0 Å². The minimum absolute atomic E-state index is 0.0916. The summed E-state index contributed by atoms with van der Waals surface area (Å²) in [6.07, 6.45) is 4.89. The van der Waals surface area contributed by atoms with Crippen LogP contribution in [-0.4, -0.2) is 32.5 Å². The molecule has 5 nitrogen and oxygen atoms in total. The molecule has 0 saturated carbocycles. The van der Waals surface area contributed by atoms with Gasteiger partial charge in [-0.1, -0.05) is 18.2 Å². The van der Waals surface area contributed by atoms with E-state index in [0.29, 0.717) is 0 Å². The lowest BCUT2D eigenvalue weighted by Gasteiger charge is -2.17. The van der Waals surface area contributed by atoms with Crippen molar-refractivity contribution >= 4 is 13.6 Å². The summed E-state index contributed by atoms with van der Waals surface area (Å²) in [5, 5.41) is 0. The molecule has 0 rings (SSSR count). The minimum Gasteiger partial charge on any atom is -0.466 e. The lowest BCUT2D eigenvalue weighted by molar-refractivity contribution is -0.136. The van der Waals surface area contributed by atoms with Crippen LogP contribution in [0.5, 0.6) is 0 Å². The standard InChI is InChI=1S/C12H21O5P/c1-5-8-9-11(12(13)15-4)10-18(14,16-6-2)17-7-3/h5,8-9H,6-7,10H2,1-4H3/b8-5+,11-9+. The van der Waals surface area contributed by atoms with Crippen LogP contribution in [0.4, 0.5) is 0 Å². The second-order valence-corrected chi connectivity index (χ2v) is 5.37. The second kappa shape index (κ2) is 9.09. The lowest BCUT2D eigenvalue weighted by Crippen LogP contribution is -2.11. The summed E-state index contributed by atoms with van der Waals surface area (Å²) in [5.74, 6) is -0.535. The van der Waals surface area contributed by atoms with Crippen LogP contribution in [0.3, 0.4) is 0 Å². The average molecular weight is 276 g/mol. The van der Waals surface area contributed by atoms with E-state index in [1.54, 1.807) is 32.1 Å². The molecule has 0 radical (unpaired) electrons. The van der Waals surface area contributed by atoms with Gasteiger partial charge in [-0.25, -0.2) is 4.79 Å². The van der Waals surface area contributed by atoms with Gasteiger partial charge in [0.05, 0.1) is 26.5 Å². The highest BCUT2D eigenvalue weighted by Gasteiger charge is 2.28. The average Bonchev–Trinajstić information content (AvgIpc) is 2.34. The van der Waals surface area contributed by atoms with Gasteiger partial charge >= 0.3 is 13.6 Å². The molecule has 0 aliphatic heterocycles. The summed E-state index contributed by atoms with van der Waals surface area (Å²) in [6, 6.07) is 0. The normalized spacial score (nSPS) is 13.0. The summed E-state index contributed by atoms with van der Waals surface area (Å²) < 4.78 is 27.2. The number of esters is 1. The molecule has 0 aromatic rings. The molecule has 6 heteroatoms. The Morgan fingerprint density at radius 1 is 1.22 bits per heavy atom. The fourth-order valence-electron chi connectivity index (χ4n) is 1.26. The zero-order valence-electron chi connectivity index (χ0n) is 11.3. The second-order valence-electron chi connectivity index (χ2n) is 3.31. The Morgan fingerprint density at radius 3 is 2.17 bits per heavy atom. The molecule has 18 heavy (non-hydrogen) atoms. The molecule has 0 bridgehead atoms. The quantitative estimate of drug-likeness (QED) is 0.295. The number of carbonyl (C=O) groups excluding carboxylic acids is 1. The van der Waals surface area contributed by atoms with Gasteiger partial charge in [-0.3, -0.25) is 4.57 Å². The fraction of sp³-hybridized carbons (Fsp3) is 0.583. The molecular formula is C12H21O5P. The fourth-order valence-corrected chi connectivity index (χ4v) is 2.96. The number of carbonyl (C=O) groups is 1. The Balaban J connectivity index is 5.03. The van der Waals surface area contributed by atoms with Crippen molar-refractivity contribution in [1.82, 2.24) is 0 Å². The van der Waals surface area contributed by atoms with Gasteiger partial charge in [0.25, 0.3) is 0 Å². The van der Waals surface area contributed by atoms with E-state index in [-0.39, 0.29) is 24.9 Å². The molecule has 0 N–H and O–H groups in total. The van der Waals surface area contributed by atoms with Gasteiger partial charge in [0.2, 0.25) is 0 Å². The smallest absolute Gasteiger partial charge is 0.335 e. The van der Waals surface area contributed by atoms with E-state index in [2.05, 4.69) is 4.74 Å². The third-order valence-corrected chi connectivity index (χ3v) is 3.98. The number of hydrogen-bond donors (Lipinski definition) is 0. The molecule has 0 aliphatic rings. The molecular weight excluding hydrogens is 255 g/mol. The largest absolute Gasteiger partial charge is 0.466 e. The van der Waals surface area contributed by atoms with Gasteiger partial charge in [-0.2, -0.15) is 0 Å². The van der Waals surface area contributed by atoms with Crippen LogP contribution in [0.25, 0.3) is 0 Å².